The molecule has 0 bridgehead atoms. The molecular weight excluding hydrogens is 363 g/mol. The Labute approximate surface area is 153 Å². The predicted molar refractivity (Wildman–Crippen MR) is 90.9 cm³/mol. The maximum Gasteiger partial charge on any atom is 0.416 e. The third-order valence-electron chi connectivity index (χ3n) is 4.10. The fourth-order valence-corrected chi connectivity index (χ4v) is 2.52. The SMILES string of the molecule is Cc1ccccc1C[C@H](NC(=O)[C@@H](O)c1ccc(C(F)(F)F)cc1)C(=O)O. The molecule has 1 amide bonds. The van der Waals surface area contributed by atoms with Gasteiger partial charge in [0.25, 0.3) is 5.91 Å². The van der Waals surface area contributed by atoms with Gasteiger partial charge in [-0.05, 0) is 35.7 Å². The molecule has 2 atom stereocenters. The Kier molecular flexibility index (Phi) is 6.22. The van der Waals surface area contributed by atoms with Crippen molar-refractivity contribution in [2.45, 2.75) is 31.7 Å². The van der Waals surface area contributed by atoms with E-state index in [1.807, 2.05) is 0 Å². The van der Waals surface area contributed by atoms with Crippen molar-refractivity contribution in [3.8, 4) is 0 Å². The monoisotopic (exact) mass is 381 g/mol. The van der Waals surface area contributed by atoms with E-state index in [0.717, 1.165) is 29.8 Å². The van der Waals surface area contributed by atoms with Crippen molar-refractivity contribution in [3.05, 3.63) is 70.8 Å². The summed E-state index contributed by atoms with van der Waals surface area (Å²) in [7, 11) is 0. The topological polar surface area (TPSA) is 86.6 Å². The van der Waals surface area contributed by atoms with Gasteiger partial charge in [-0.1, -0.05) is 36.4 Å². The Morgan fingerprint density at radius 2 is 1.67 bits per heavy atom. The van der Waals surface area contributed by atoms with E-state index in [-0.39, 0.29) is 12.0 Å². The van der Waals surface area contributed by atoms with E-state index in [1.54, 1.807) is 31.2 Å². The molecule has 0 radical (unpaired) electrons. The molecule has 0 saturated heterocycles. The van der Waals surface area contributed by atoms with Crippen LogP contribution in [0.3, 0.4) is 0 Å². The quantitative estimate of drug-likeness (QED) is 0.718. The number of carbonyl (C=O) groups is 2. The summed E-state index contributed by atoms with van der Waals surface area (Å²) in [6, 6.07) is 9.21. The summed E-state index contributed by atoms with van der Waals surface area (Å²) >= 11 is 0. The van der Waals surface area contributed by atoms with Gasteiger partial charge in [-0.2, -0.15) is 13.2 Å². The molecule has 2 aromatic rings. The molecular formula is C19H18F3NO4. The van der Waals surface area contributed by atoms with Crippen LogP contribution in [0.4, 0.5) is 13.2 Å². The first-order valence-electron chi connectivity index (χ1n) is 8.02. The van der Waals surface area contributed by atoms with Crippen LogP contribution >= 0.6 is 0 Å². The summed E-state index contributed by atoms with van der Waals surface area (Å²) in [6.07, 6.45) is -6.31. The van der Waals surface area contributed by atoms with Crippen LogP contribution in [0, 0.1) is 6.92 Å². The van der Waals surface area contributed by atoms with Gasteiger partial charge in [-0.15, -0.1) is 0 Å². The third kappa shape index (κ3) is 5.30. The smallest absolute Gasteiger partial charge is 0.416 e. The van der Waals surface area contributed by atoms with E-state index in [2.05, 4.69) is 5.32 Å². The molecule has 0 aliphatic heterocycles. The van der Waals surface area contributed by atoms with Crippen molar-refractivity contribution >= 4 is 11.9 Å². The van der Waals surface area contributed by atoms with Crippen LogP contribution in [0.5, 0.6) is 0 Å². The molecule has 0 fully saturated rings. The van der Waals surface area contributed by atoms with Crippen molar-refractivity contribution in [2.24, 2.45) is 0 Å². The van der Waals surface area contributed by atoms with Crippen molar-refractivity contribution in [2.75, 3.05) is 0 Å². The molecule has 0 spiro atoms. The maximum atomic E-state index is 12.6. The minimum atomic E-state index is -4.53. The summed E-state index contributed by atoms with van der Waals surface area (Å²) in [6.45, 7) is 1.80. The maximum absolute atomic E-state index is 12.6. The molecule has 0 aliphatic rings. The molecule has 0 saturated carbocycles. The second-order valence-corrected chi connectivity index (χ2v) is 6.05. The number of carboxylic acids is 1. The molecule has 8 heteroatoms. The Bertz CT molecular complexity index is 818. The largest absolute Gasteiger partial charge is 0.480 e. The number of carboxylic acid groups (broad SMARTS) is 1. The number of aliphatic carboxylic acids is 1. The van der Waals surface area contributed by atoms with Gasteiger partial charge in [-0.3, -0.25) is 4.79 Å². The summed E-state index contributed by atoms with van der Waals surface area (Å²) in [5, 5.41) is 21.6. The van der Waals surface area contributed by atoms with Crippen molar-refractivity contribution in [3.63, 3.8) is 0 Å². The van der Waals surface area contributed by atoms with E-state index in [1.165, 1.54) is 0 Å². The minimum Gasteiger partial charge on any atom is -0.480 e. The zero-order valence-corrected chi connectivity index (χ0v) is 14.3. The number of rotatable bonds is 6. The highest BCUT2D eigenvalue weighted by Crippen LogP contribution is 2.30. The molecule has 0 heterocycles. The third-order valence-corrected chi connectivity index (χ3v) is 4.10. The summed E-state index contributed by atoms with van der Waals surface area (Å²) in [5.41, 5.74) is 0.581. The number of amides is 1. The molecule has 2 rings (SSSR count). The summed E-state index contributed by atoms with van der Waals surface area (Å²) in [5.74, 6) is -2.29. The van der Waals surface area contributed by atoms with Gasteiger partial charge in [0.05, 0.1) is 5.56 Å². The Hall–Kier alpha value is -2.87. The first-order valence-corrected chi connectivity index (χ1v) is 8.02. The van der Waals surface area contributed by atoms with Gasteiger partial charge in [-0.25, -0.2) is 4.79 Å². The highest BCUT2D eigenvalue weighted by molar-refractivity contribution is 5.87. The molecule has 0 aliphatic carbocycles. The fraction of sp³-hybridized carbons (Fsp3) is 0.263. The second-order valence-electron chi connectivity index (χ2n) is 6.05. The highest BCUT2D eigenvalue weighted by Gasteiger charge is 2.31. The molecule has 2 aromatic carbocycles. The van der Waals surface area contributed by atoms with E-state index in [4.69, 9.17) is 0 Å². The van der Waals surface area contributed by atoms with Gasteiger partial charge in [0.2, 0.25) is 0 Å². The van der Waals surface area contributed by atoms with Gasteiger partial charge in [0.1, 0.15) is 6.04 Å². The fourth-order valence-electron chi connectivity index (χ4n) is 2.52. The number of halogens is 3. The van der Waals surface area contributed by atoms with Crippen LogP contribution in [-0.4, -0.2) is 28.1 Å². The molecule has 5 nitrogen and oxygen atoms in total. The minimum absolute atomic E-state index is 0.00742. The summed E-state index contributed by atoms with van der Waals surface area (Å²) in [4.78, 5) is 23.6. The van der Waals surface area contributed by atoms with Crippen molar-refractivity contribution < 1.29 is 33.0 Å². The second kappa shape index (κ2) is 8.22. The first-order chi connectivity index (χ1) is 12.6. The van der Waals surface area contributed by atoms with Crippen LogP contribution in [0.1, 0.15) is 28.4 Å². The van der Waals surface area contributed by atoms with Crippen LogP contribution in [0.15, 0.2) is 48.5 Å². The number of alkyl halides is 3. The van der Waals surface area contributed by atoms with Gasteiger partial charge >= 0.3 is 12.1 Å². The number of hydrogen-bond donors (Lipinski definition) is 3. The lowest BCUT2D eigenvalue weighted by Crippen LogP contribution is -2.44. The Morgan fingerprint density at radius 3 is 2.19 bits per heavy atom. The zero-order chi connectivity index (χ0) is 20.2. The van der Waals surface area contributed by atoms with E-state index >= 15 is 0 Å². The standard InChI is InChI=1S/C19H18F3NO4/c1-11-4-2-3-5-13(11)10-15(18(26)27)23-17(25)16(24)12-6-8-14(9-7-12)19(20,21)22/h2-9,15-16,24H,10H2,1H3,(H,23,25)(H,26,27)/t15-,16-/m0/s1. The van der Waals surface area contributed by atoms with Crippen molar-refractivity contribution in [1.29, 1.82) is 0 Å². The van der Waals surface area contributed by atoms with E-state index in [0.29, 0.717) is 5.56 Å². The number of aliphatic hydroxyl groups is 1. The molecule has 27 heavy (non-hydrogen) atoms. The average Bonchev–Trinajstić information content (AvgIpc) is 2.61. The lowest BCUT2D eigenvalue weighted by atomic mass is 10.0. The van der Waals surface area contributed by atoms with Gasteiger partial charge in [0, 0.05) is 6.42 Å². The number of aryl methyl sites for hydroxylation is 1. The van der Waals surface area contributed by atoms with Gasteiger partial charge < -0.3 is 15.5 Å². The highest BCUT2D eigenvalue weighted by atomic mass is 19.4. The number of carbonyl (C=O) groups excluding carboxylic acids is 1. The molecule has 0 unspecified atom stereocenters. The lowest BCUT2D eigenvalue weighted by molar-refractivity contribution is -0.143. The zero-order valence-electron chi connectivity index (χ0n) is 14.3. The van der Waals surface area contributed by atoms with Crippen LogP contribution < -0.4 is 5.32 Å². The van der Waals surface area contributed by atoms with E-state index in [9.17, 15) is 33.0 Å². The van der Waals surface area contributed by atoms with Crippen LogP contribution in [0.2, 0.25) is 0 Å². The number of hydrogen-bond acceptors (Lipinski definition) is 3. The van der Waals surface area contributed by atoms with Crippen molar-refractivity contribution in [1.82, 2.24) is 5.32 Å². The predicted octanol–water partition coefficient (Wildman–Crippen LogP) is 2.86. The molecule has 144 valence electrons. The summed E-state index contributed by atoms with van der Waals surface area (Å²) < 4.78 is 37.7. The number of nitrogens with one attached hydrogen (secondary N) is 1. The number of aliphatic hydroxyl groups excluding tert-OH is 1. The Balaban J connectivity index is 2.10. The van der Waals surface area contributed by atoms with Gasteiger partial charge in [0.15, 0.2) is 6.10 Å². The lowest BCUT2D eigenvalue weighted by Gasteiger charge is -2.18. The first kappa shape index (κ1) is 20.4. The molecule has 3 N–H and O–H groups in total. The average molecular weight is 381 g/mol. The van der Waals surface area contributed by atoms with E-state index < -0.39 is 35.8 Å². The normalized spacial score (nSPS) is 13.7. The molecule has 0 aromatic heterocycles. The van der Waals surface area contributed by atoms with Crippen LogP contribution in [-0.2, 0) is 22.2 Å². The Morgan fingerprint density at radius 1 is 1.07 bits per heavy atom. The number of benzene rings is 2. The van der Waals surface area contributed by atoms with Crippen LogP contribution in [0.25, 0.3) is 0 Å².